The topological polar surface area (TPSA) is 81.9 Å². The van der Waals surface area contributed by atoms with E-state index in [0.717, 1.165) is 69.3 Å². The quantitative estimate of drug-likeness (QED) is 0.0865. The molecule has 5 aromatic carbocycles. The highest BCUT2D eigenvalue weighted by atomic mass is 32.2. The number of ether oxygens (including phenoxy) is 1. The molecule has 56 heavy (non-hydrogen) atoms. The van der Waals surface area contributed by atoms with E-state index in [9.17, 15) is 13.0 Å². The molecule has 0 saturated heterocycles. The van der Waals surface area contributed by atoms with E-state index in [2.05, 4.69) is 134 Å². The van der Waals surface area contributed by atoms with Gasteiger partial charge in [0.1, 0.15) is 12.3 Å². The van der Waals surface area contributed by atoms with Gasteiger partial charge in [0.15, 0.2) is 12.3 Å². The van der Waals surface area contributed by atoms with Gasteiger partial charge in [-0.15, -0.1) is 0 Å². The minimum Gasteiger partial charge on any atom is -0.494 e. The Kier molecular flexibility index (Phi) is 12.7. The Labute approximate surface area is 332 Å². The van der Waals surface area contributed by atoms with Crippen LogP contribution in [-0.2, 0) is 23.2 Å². The summed E-state index contributed by atoms with van der Waals surface area (Å²) in [4.78, 5) is 2.31. The fourth-order valence-electron chi connectivity index (χ4n) is 7.10. The molecule has 0 bridgehead atoms. The summed E-state index contributed by atoms with van der Waals surface area (Å²) in [5.74, 6) is 0.848. The predicted octanol–water partition coefficient (Wildman–Crippen LogP) is 10.7. The summed E-state index contributed by atoms with van der Waals surface area (Å²) in [7, 11) is -4.29. The van der Waals surface area contributed by atoms with E-state index in [1.54, 1.807) is 6.07 Å². The van der Waals surface area contributed by atoms with Gasteiger partial charge in [0, 0.05) is 47.9 Å². The Hall–Kier alpha value is -5.70. The molecule has 1 aliphatic carbocycles. The van der Waals surface area contributed by atoms with Crippen LogP contribution in [0.3, 0.4) is 0 Å². The first kappa shape index (κ1) is 40.0. The van der Waals surface area contributed by atoms with Crippen LogP contribution in [0, 0.1) is 13.8 Å². The zero-order chi connectivity index (χ0) is 39.8. The lowest BCUT2D eigenvalue weighted by molar-refractivity contribution is -0.539. The Bertz CT molecular complexity index is 2410. The van der Waals surface area contributed by atoms with Gasteiger partial charge >= 0.3 is 0 Å². The molecule has 1 aliphatic rings. The molecule has 0 spiro atoms. The second-order valence-corrected chi connectivity index (χ2v) is 15.6. The van der Waals surface area contributed by atoms with Crippen LogP contribution in [-0.4, -0.2) is 43.0 Å². The molecule has 0 unspecified atom stereocenters. The zero-order valence-electron chi connectivity index (χ0n) is 33.2. The highest BCUT2D eigenvalue weighted by Crippen LogP contribution is 2.37. The van der Waals surface area contributed by atoms with E-state index in [-0.39, 0.29) is 4.90 Å². The first-order valence-electron chi connectivity index (χ1n) is 19.3. The molecular formula is C48H52N3O4S+. The van der Waals surface area contributed by atoms with E-state index in [0.29, 0.717) is 19.7 Å². The Balaban J connectivity index is 1.38. The number of benzene rings is 5. The van der Waals surface area contributed by atoms with Crippen LogP contribution in [0.2, 0.25) is 0 Å². The van der Waals surface area contributed by atoms with Gasteiger partial charge in [-0.25, -0.2) is 4.58 Å². The van der Waals surface area contributed by atoms with Crippen LogP contribution in [0.15, 0.2) is 150 Å². The first-order chi connectivity index (χ1) is 26.9. The van der Waals surface area contributed by atoms with Crippen molar-refractivity contribution in [1.29, 1.82) is 0 Å². The number of rotatable bonds is 14. The van der Waals surface area contributed by atoms with Gasteiger partial charge in [-0.05, 0) is 147 Å². The van der Waals surface area contributed by atoms with Gasteiger partial charge in [0.25, 0.3) is 10.1 Å². The third kappa shape index (κ3) is 9.75. The predicted molar refractivity (Wildman–Crippen MR) is 231 cm³/mol. The second-order valence-electron chi connectivity index (χ2n) is 14.2. The van der Waals surface area contributed by atoms with Crippen LogP contribution >= 0.6 is 0 Å². The van der Waals surface area contributed by atoms with Crippen LogP contribution in [0.25, 0.3) is 5.57 Å². The summed E-state index contributed by atoms with van der Waals surface area (Å²) in [5.41, 5.74) is 14.4. The summed E-state index contributed by atoms with van der Waals surface area (Å²) in [5, 5.41) is 3.53. The van der Waals surface area contributed by atoms with E-state index >= 15 is 0 Å². The van der Waals surface area contributed by atoms with Crippen molar-refractivity contribution in [2.24, 2.45) is 0 Å². The number of anilines is 3. The molecule has 6 rings (SSSR count). The molecule has 0 amide bonds. The molecule has 0 heterocycles. The van der Waals surface area contributed by atoms with Gasteiger partial charge in [0.2, 0.25) is 0 Å². The molecule has 0 radical (unpaired) electrons. The van der Waals surface area contributed by atoms with E-state index in [1.165, 1.54) is 34.5 Å². The van der Waals surface area contributed by atoms with Crippen LogP contribution in [0.4, 0.5) is 17.1 Å². The lowest BCUT2D eigenvalue weighted by Gasteiger charge is -2.25. The normalized spacial score (nSPS) is 14.6. The van der Waals surface area contributed by atoms with Gasteiger partial charge in [-0.2, -0.15) is 8.42 Å². The number of aryl methyl sites for hydroxylation is 2. The molecule has 0 aliphatic heterocycles. The molecule has 288 valence electrons. The maximum absolute atomic E-state index is 11.8. The van der Waals surface area contributed by atoms with Crippen molar-refractivity contribution in [1.82, 2.24) is 0 Å². The molecule has 7 nitrogen and oxygen atoms in total. The van der Waals surface area contributed by atoms with Crippen molar-refractivity contribution in [2.75, 3.05) is 29.9 Å². The van der Waals surface area contributed by atoms with Crippen molar-refractivity contribution in [3.63, 3.8) is 0 Å². The average molecular weight is 767 g/mol. The third-order valence-corrected chi connectivity index (χ3v) is 11.0. The monoisotopic (exact) mass is 766 g/mol. The first-order valence-corrected chi connectivity index (χ1v) is 20.7. The highest BCUT2D eigenvalue weighted by molar-refractivity contribution is 7.85. The summed E-state index contributed by atoms with van der Waals surface area (Å²) in [6.45, 7) is 16.3. The van der Waals surface area contributed by atoms with E-state index in [4.69, 9.17) is 4.74 Å². The summed E-state index contributed by atoms with van der Waals surface area (Å²) < 4.78 is 41.1. The molecule has 0 saturated carbocycles. The zero-order valence-corrected chi connectivity index (χ0v) is 34.0. The van der Waals surface area contributed by atoms with Gasteiger partial charge in [0.05, 0.1) is 11.5 Å². The average Bonchev–Trinajstić information content (AvgIpc) is 3.19. The minimum absolute atomic E-state index is 0.101. The smallest absolute Gasteiger partial charge is 0.294 e. The van der Waals surface area contributed by atoms with Crippen molar-refractivity contribution in [3.05, 3.63) is 178 Å². The summed E-state index contributed by atoms with van der Waals surface area (Å²) in [6.07, 6.45) is 6.55. The fraction of sp³-hybridized carbons (Fsp3) is 0.229. The summed E-state index contributed by atoms with van der Waals surface area (Å²) >= 11 is 0. The molecule has 0 aromatic heterocycles. The Morgan fingerprint density at radius 3 is 2.09 bits per heavy atom. The Morgan fingerprint density at radius 2 is 1.48 bits per heavy atom. The molecular weight excluding hydrogens is 715 g/mol. The SMILES string of the molecule is CCOc1ccc(Nc2ccc(C(=C3C=CC(=[N+](CC)Cc4cccc(S(=O)(=O)O)c4)C=C3C)c3ccc(N(CC)Cc4ccc(C)cc4)cc3C)cc2)cc1. The second kappa shape index (κ2) is 17.8. The molecule has 0 atom stereocenters. The number of nitrogens with one attached hydrogen (secondary N) is 1. The summed E-state index contributed by atoms with van der Waals surface area (Å²) in [6, 6.07) is 38.7. The molecule has 0 fully saturated rings. The lowest BCUT2D eigenvalue weighted by Crippen LogP contribution is -2.22. The number of hydrogen-bond donors (Lipinski definition) is 2. The maximum atomic E-state index is 11.8. The fourth-order valence-corrected chi connectivity index (χ4v) is 7.65. The number of nitrogens with zero attached hydrogens (tertiary/aromatic N) is 2. The van der Waals surface area contributed by atoms with Gasteiger partial charge in [-0.1, -0.05) is 60.2 Å². The van der Waals surface area contributed by atoms with Gasteiger partial charge in [-0.3, -0.25) is 4.55 Å². The van der Waals surface area contributed by atoms with Crippen LogP contribution in [0.1, 0.15) is 61.1 Å². The Morgan fingerprint density at radius 1 is 0.786 bits per heavy atom. The molecule has 5 aromatic rings. The number of hydrogen-bond acceptors (Lipinski definition) is 5. The van der Waals surface area contributed by atoms with Crippen molar-refractivity contribution in [2.45, 2.75) is 59.5 Å². The van der Waals surface area contributed by atoms with Crippen LogP contribution in [0.5, 0.6) is 5.75 Å². The van der Waals surface area contributed by atoms with Gasteiger partial charge < -0.3 is 15.0 Å². The van der Waals surface area contributed by atoms with Crippen molar-refractivity contribution >= 4 is 38.5 Å². The largest absolute Gasteiger partial charge is 0.494 e. The lowest BCUT2D eigenvalue weighted by atomic mass is 9.85. The standard InChI is InChI=1S/C48H51N3O4S/c1-7-50(32-37-15-13-34(4)14-16-37)42-23-27-46(35(5)29-42)48(39-17-19-40(20-18-39)49-41-21-25-44(26-22-41)55-9-3)47-28-24-43(30-36(47)6)51(8-2)33-38-11-10-12-45(31-38)56(52,53)54/h10-31H,7-9,32-33H2,1-6H3,(H,52,53,54)/p+1. The van der Waals surface area contributed by atoms with E-state index in [1.807, 2.05) is 37.3 Å². The van der Waals surface area contributed by atoms with Crippen LogP contribution < -0.4 is 15.0 Å². The molecule has 8 heteroatoms. The van der Waals surface area contributed by atoms with Crippen molar-refractivity contribution in [3.8, 4) is 5.75 Å². The minimum atomic E-state index is -4.29. The molecule has 2 N–H and O–H groups in total. The third-order valence-electron chi connectivity index (χ3n) is 10.1. The number of allylic oxidation sites excluding steroid dienone is 5. The maximum Gasteiger partial charge on any atom is 0.294 e. The van der Waals surface area contributed by atoms with Crippen molar-refractivity contribution < 1.29 is 22.3 Å². The highest BCUT2D eigenvalue weighted by Gasteiger charge is 2.21. The van der Waals surface area contributed by atoms with E-state index < -0.39 is 10.1 Å².